The van der Waals surface area contributed by atoms with Gasteiger partial charge in [-0.3, -0.25) is 4.79 Å². The van der Waals surface area contributed by atoms with Crippen LogP contribution in [0.15, 0.2) is 77.7 Å². The van der Waals surface area contributed by atoms with Gasteiger partial charge in [0.1, 0.15) is 31.0 Å². The molecule has 3 heterocycles. The van der Waals surface area contributed by atoms with Crippen LogP contribution in [0.4, 0.5) is 5.82 Å². The molecule has 0 radical (unpaired) electrons. The molecule has 1 unspecified atom stereocenters. The van der Waals surface area contributed by atoms with Gasteiger partial charge >= 0.3 is 8.25 Å². The topological polar surface area (TPSA) is 95.8 Å². The first-order valence-corrected chi connectivity index (χ1v) is 14.2. The Labute approximate surface area is 228 Å². The van der Waals surface area contributed by atoms with Gasteiger partial charge in [-0.1, -0.05) is 60.7 Å². The molecule has 2 aromatic carbocycles. The third-order valence-corrected chi connectivity index (χ3v) is 7.67. The van der Waals surface area contributed by atoms with Crippen LogP contribution in [-0.2, 0) is 33.9 Å². The maximum atomic E-state index is 12.9. The number of anilines is 1. The van der Waals surface area contributed by atoms with Gasteiger partial charge in [-0.2, -0.15) is 10.1 Å². The van der Waals surface area contributed by atoms with E-state index in [4.69, 9.17) is 18.8 Å². The number of hydrogen-bond donors (Lipinski definition) is 0. The molecule has 0 saturated carbocycles. The van der Waals surface area contributed by atoms with Crippen molar-refractivity contribution in [2.75, 3.05) is 24.6 Å². The maximum absolute atomic E-state index is 12.9. The molecular weight excluding hydrogens is 515 g/mol. The Kier molecular flexibility index (Phi) is 8.93. The largest absolute Gasteiger partial charge is 0.697 e. The van der Waals surface area contributed by atoms with E-state index in [1.54, 1.807) is 13.2 Å². The zero-order valence-corrected chi connectivity index (χ0v) is 22.8. The molecule has 5 rings (SSSR count). The van der Waals surface area contributed by atoms with Gasteiger partial charge in [0.2, 0.25) is 5.88 Å². The van der Waals surface area contributed by atoms with E-state index in [1.165, 1.54) is 4.68 Å². The van der Waals surface area contributed by atoms with Crippen LogP contribution in [0.2, 0.25) is 0 Å². The summed E-state index contributed by atoms with van der Waals surface area (Å²) in [7, 11) is -0.518. The Hall–Kier alpha value is -3.65. The van der Waals surface area contributed by atoms with Gasteiger partial charge in [0, 0.05) is 30.1 Å². The van der Waals surface area contributed by atoms with Gasteiger partial charge in [0.15, 0.2) is 0 Å². The number of ether oxygens (including phenoxy) is 1. The number of hydrogen-bond acceptors (Lipinski definition) is 8. The monoisotopic (exact) mass is 547 g/mol. The molecule has 202 valence electrons. The van der Waals surface area contributed by atoms with E-state index >= 15 is 0 Å². The zero-order chi connectivity index (χ0) is 27.0. The Balaban J connectivity index is 1.17. The van der Waals surface area contributed by atoms with Crippen LogP contribution in [-0.4, -0.2) is 34.5 Å². The van der Waals surface area contributed by atoms with Crippen LogP contribution < -0.4 is 15.2 Å². The predicted molar refractivity (Wildman–Crippen MR) is 150 cm³/mol. The first-order chi connectivity index (χ1) is 19.1. The van der Waals surface area contributed by atoms with E-state index in [0.717, 1.165) is 49.3 Å². The second kappa shape index (κ2) is 12.9. The van der Waals surface area contributed by atoms with E-state index in [0.29, 0.717) is 35.8 Å². The molecule has 10 heteroatoms. The van der Waals surface area contributed by atoms with E-state index in [2.05, 4.69) is 10.00 Å². The summed E-state index contributed by atoms with van der Waals surface area (Å²) in [5, 5.41) is 5.34. The van der Waals surface area contributed by atoms with Crippen LogP contribution in [0.25, 0.3) is 10.8 Å². The van der Waals surface area contributed by atoms with Gasteiger partial charge in [-0.15, -0.1) is 9.05 Å². The van der Waals surface area contributed by atoms with Crippen LogP contribution in [0.1, 0.15) is 30.4 Å². The highest BCUT2D eigenvalue weighted by Gasteiger charge is 2.25. The lowest BCUT2D eigenvalue weighted by molar-refractivity contribution is 0.201. The summed E-state index contributed by atoms with van der Waals surface area (Å²) in [6, 6.07) is 21.4. The average Bonchev–Trinajstić information content (AvgIpc) is 2.98. The molecule has 0 aliphatic carbocycles. The van der Waals surface area contributed by atoms with E-state index in [9.17, 15) is 9.36 Å². The van der Waals surface area contributed by atoms with Crippen molar-refractivity contribution in [2.24, 2.45) is 13.0 Å². The second-order valence-electron chi connectivity index (χ2n) is 9.63. The van der Waals surface area contributed by atoms with Crippen molar-refractivity contribution in [2.45, 2.75) is 32.5 Å². The number of rotatable bonds is 11. The number of aryl methyl sites for hydroxylation is 1. The van der Waals surface area contributed by atoms with Crippen molar-refractivity contribution in [3.8, 4) is 5.88 Å². The zero-order valence-electron chi connectivity index (χ0n) is 21.9. The van der Waals surface area contributed by atoms with Crippen molar-refractivity contribution in [3.63, 3.8) is 0 Å². The minimum Gasteiger partial charge on any atom is -0.472 e. The Morgan fingerprint density at radius 1 is 0.949 bits per heavy atom. The maximum Gasteiger partial charge on any atom is 0.697 e. The number of fused-ring (bicyclic) bond motifs is 1. The fourth-order valence-electron chi connectivity index (χ4n) is 4.68. The molecule has 0 spiro atoms. The Morgan fingerprint density at radius 3 is 2.31 bits per heavy atom. The quantitative estimate of drug-likeness (QED) is 0.230. The third kappa shape index (κ3) is 7.06. The van der Waals surface area contributed by atoms with E-state index in [1.807, 2.05) is 66.7 Å². The molecule has 0 amide bonds. The number of benzene rings is 2. The first kappa shape index (κ1) is 26.9. The smallest absolute Gasteiger partial charge is 0.472 e. The molecule has 1 aliphatic rings. The first-order valence-electron chi connectivity index (χ1n) is 13.1. The van der Waals surface area contributed by atoms with Crippen molar-refractivity contribution in [1.82, 2.24) is 14.8 Å². The summed E-state index contributed by atoms with van der Waals surface area (Å²) in [6.07, 6.45) is 4.42. The van der Waals surface area contributed by atoms with Crippen molar-refractivity contribution in [1.29, 1.82) is 0 Å². The summed E-state index contributed by atoms with van der Waals surface area (Å²) in [4.78, 5) is 19.9. The third-order valence-electron chi connectivity index (χ3n) is 6.94. The van der Waals surface area contributed by atoms with Crippen LogP contribution in [0.5, 0.6) is 5.88 Å². The summed E-state index contributed by atoms with van der Waals surface area (Å²) in [5.41, 5.74) is 1.72. The lowest BCUT2D eigenvalue weighted by atomic mass is 9.94. The minimum atomic E-state index is -2.14. The summed E-state index contributed by atoms with van der Waals surface area (Å²) in [5.74, 6) is 1.55. The van der Waals surface area contributed by atoms with E-state index < -0.39 is 8.25 Å². The predicted octanol–water partition coefficient (Wildman–Crippen LogP) is 5.40. The number of aromatic nitrogens is 3. The molecule has 1 fully saturated rings. The highest BCUT2D eigenvalue weighted by molar-refractivity contribution is 7.33. The van der Waals surface area contributed by atoms with Crippen molar-refractivity contribution in [3.05, 3.63) is 94.4 Å². The van der Waals surface area contributed by atoms with Crippen LogP contribution in [0, 0.1) is 5.92 Å². The number of pyridine rings is 1. The molecule has 4 aromatic rings. The van der Waals surface area contributed by atoms with Crippen LogP contribution >= 0.6 is 8.25 Å². The lowest BCUT2D eigenvalue weighted by Gasteiger charge is -2.32. The van der Waals surface area contributed by atoms with Gasteiger partial charge in [0.05, 0.1) is 6.20 Å². The molecule has 2 aromatic heterocycles. The lowest BCUT2D eigenvalue weighted by Crippen LogP contribution is -2.34. The number of piperidine rings is 1. The molecule has 1 aliphatic heterocycles. The molecule has 9 nitrogen and oxygen atoms in total. The van der Waals surface area contributed by atoms with Crippen molar-refractivity contribution < 1.29 is 18.3 Å². The average molecular weight is 548 g/mol. The van der Waals surface area contributed by atoms with Crippen molar-refractivity contribution >= 4 is 24.8 Å². The van der Waals surface area contributed by atoms with Crippen LogP contribution in [0.3, 0.4) is 0 Å². The van der Waals surface area contributed by atoms with Gasteiger partial charge in [0.25, 0.3) is 5.56 Å². The second-order valence-corrected chi connectivity index (χ2v) is 10.6. The molecule has 39 heavy (non-hydrogen) atoms. The summed E-state index contributed by atoms with van der Waals surface area (Å²) in [6.45, 7) is 2.62. The van der Waals surface area contributed by atoms with Gasteiger partial charge < -0.3 is 9.64 Å². The number of nitrogens with zero attached hydrogens (tertiary/aromatic N) is 4. The molecule has 1 saturated heterocycles. The summed E-state index contributed by atoms with van der Waals surface area (Å²) >= 11 is 0. The van der Waals surface area contributed by atoms with E-state index in [-0.39, 0.29) is 12.2 Å². The highest BCUT2D eigenvalue weighted by atomic mass is 31.1. The fourth-order valence-corrected chi connectivity index (χ4v) is 5.27. The molecule has 0 bridgehead atoms. The minimum absolute atomic E-state index is 0.237. The SMILES string of the molecule is Cn1ncc2cc(N3CCC(CCO[P+](=O)OCc4ccccc4)CC3)nc(OCc3ccccc3)c2c1=O. The Bertz CT molecular complexity index is 1460. The normalized spacial score (nSPS) is 14.5. The highest BCUT2D eigenvalue weighted by Crippen LogP contribution is 2.31. The standard InChI is InChI=1S/C29H32N4O5P/c1-32-29(34)27-25(19-30-32)18-26(31-28(27)36-20-23-8-4-2-5-9-23)33-15-12-22(13-16-33)14-17-37-39(35)38-21-24-10-6-3-7-11-24/h2-11,18-19,22H,12-17,20-21H2,1H3/q+1. The Morgan fingerprint density at radius 2 is 1.62 bits per heavy atom. The molecule has 1 atom stereocenters. The molecular formula is C29H32N4O5P+. The van der Waals surface area contributed by atoms with Gasteiger partial charge in [-0.25, -0.2) is 4.68 Å². The fraction of sp³-hybridized carbons (Fsp3) is 0.345. The summed E-state index contributed by atoms with van der Waals surface area (Å²) < 4.78 is 30.2. The van der Waals surface area contributed by atoms with Gasteiger partial charge in [-0.05, 0) is 42.4 Å². The molecule has 0 N–H and O–H groups in total.